The zero-order valence-electron chi connectivity index (χ0n) is 5.11. The van der Waals surface area contributed by atoms with Gasteiger partial charge in [-0.2, -0.15) is 5.26 Å². The molecule has 56 valence electrons. The number of hydrogen-bond donors (Lipinski definition) is 0. The van der Waals surface area contributed by atoms with Gasteiger partial charge in [-0.25, -0.2) is 4.98 Å². The Balaban J connectivity index is 3.39. The summed E-state index contributed by atoms with van der Waals surface area (Å²) < 4.78 is 1.09. The summed E-state index contributed by atoms with van der Waals surface area (Å²) in [5, 5.41) is 9.02. The largest absolute Gasteiger partial charge is 0.229 e. The molecule has 1 aromatic rings. The van der Waals surface area contributed by atoms with Gasteiger partial charge in [-0.15, -0.1) is 0 Å². The second-order valence-corrected chi connectivity index (χ2v) is 3.71. The van der Waals surface area contributed by atoms with Gasteiger partial charge in [0.1, 0.15) is 10.7 Å². The highest BCUT2D eigenvalue weighted by molar-refractivity contribution is 9.11. The van der Waals surface area contributed by atoms with E-state index in [2.05, 4.69) is 36.8 Å². The lowest BCUT2D eigenvalue weighted by molar-refractivity contribution is 1.21. The Hall–Kier alpha value is -0.110. The van der Waals surface area contributed by atoms with E-state index in [9.17, 15) is 0 Å². The number of hydrogen-bond acceptors (Lipinski definition) is 2. The molecule has 1 aromatic heterocycles. The van der Waals surface area contributed by atoms with Gasteiger partial charge in [0.25, 0.3) is 0 Å². The predicted octanol–water partition coefficient (Wildman–Crippen LogP) is 3.13. The third kappa shape index (κ3) is 1.92. The van der Waals surface area contributed by atoms with E-state index < -0.39 is 0 Å². The van der Waals surface area contributed by atoms with Crippen LogP contribution in [0.15, 0.2) is 15.1 Å². The van der Waals surface area contributed by atoms with Crippen LogP contribution in [0.5, 0.6) is 0 Å². The number of nitriles is 1. The Labute approximate surface area is 85.4 Å². The molecule has 5 heteroatoms. The topological polar surface area (TPSA) is 36.7 Å². The monoisotopic (exact) mass is 294 g/mol. The molecule has 0 amide bonds. The van der Waals surface area contributed by atoms with Crippen LogP contribution in [0.3, 0.4) is 0 Å². The lowest BCUT2D eigenvalue weighted by Gasteiger charge is -1.97. The van der Waals surface area contributed by atoms with Gasteiger partial charge in [-0.05, 0) is 37.9 Å². The van der Waals surface area contributed by atoms with Gasteiger partial charge in [0.2, 0.25) is 0 Å². The van der Waals surface area contributed by atoms with E-state index in [0.29, 0.717) is 14.1 Å². The second kappa shape index (κ2) is 3.53. The SMILES string of the molecule is N#Cc1nc(Br)cc(Cl)c1Br. The molecule has 1 heterocycles. The van der Waals surface area contributed by atoms with Crippen molar-refractivity contribution < 1.29 is 0 Å². The van der Waals surface area contributed by atoms with Crippen molar-refractivity contribution in [1.29, 1.82) is 5.26 Å². The molecular weight excluding hydrogens is 295 g/mol. The molecule has 0 aliphatic carbocycles. The maximum atomic E-state index is 8.55. The van der Waals surface area contributed by atoms with Crippen LogP contribution in [0, 0.1) is 11.3 Å². The molecule has 0 atom stereocenters. The van der Waals surface area contributed by atoms with E-state index in [4.69, 9.17) is 16.9 Å². The summed E-state index contributed by atoms with van der Waals surface area (Å²) in [7, 11) is 0. The fourth-order valence-electron chi connectivity index (χ4n) is 0.543. The Kier molecular flexibility index (Phi) is 2.88. The standard InChI is InChI=1S/C6HBr2ClN2/c7-5-1-3(9)6(8)4(2-10)11-5/h1H. The first-order valence-corrected chi connectivity index (χ1v) is 4.53. The van der Waals surface area contributed by atoms with Crippen LogP contribution in [0.1, 0.15) is 5.69 Å². The van der Waals surface area contributed by atoms with E-state index >= 15 is 0 Å². The fraction of sp³-hybridized carbons (Fsp3) is 0. The lowest BCUT2D eigenvalue weighted by Crippen LogP contribution is -1.85. The van der Waals surface area contributed by atoms with Gasteiger partial charge in [0.15, 0.2) is 5.69 Å². The quantitative estimate of drug-likeness (QED) is 0.690. The summed E-state index contributed by atoms with van der Waals surface area (Å²) in [6, 6.07) is 3.52. The minimum Gasteiger partial charge on any atom is -0.229 e. The van der Waals surface area contributed by atoms with Crippen molar-refractivity contribution in [2.24, 2.45) is 0 Å². The van der Waals surface area contributed by atoms with E-state index in [1.807, 2.05) is 6.07 Å². The molecule has 0 fully saturated rings. The first-order chi connectivity index (χ1) is 5.15. The number of pyridine rings is 1. The van der Waals surface area contributed by atoms with Gasteiger partial charge >= 0.3 is 0 Å². The van der Waals surface area contributed by atoms with Crippen LogP contribution in [0.2, 0.25) is 5.02 Å². The Bertz CT molecular complexity index is 332. The molecule has 0 aliphatic rings. The summed E-state index contributed by atoms with van der Waals surface area (Å²) >= 11 is 12.0. The number of nitrogens with zero attached hydrogens (tertiary/aromatic N) is 2. The smallest absolute Gasteiger partial charge is 0.157 e. The van der Waals surface area contributed by atoms with Crippen LogP contribution >= 0.6 is 43.5 Å². The Morgan fingerprint density at radius 3 is 2.73 bits per heavy atom. The van der Waals surface area contributed by atoms with Crippen LogP contribution < -0.4 is 0 Å². The Morgan fingerprint density at radius 2 is 2.18 bits per heavy atom. The van der Waals surface area contributed by atoms with Crippen molar-refractivity contribution in [2.45, 2.75) is 0 Å². The summed E-state index contributed by atoms with van der Waals surface area (Å²) in [4.78, 5) is 3.88. The summed E-state index contributed by atoms with van der Waals surface area (Å²) in [6.07, 6.45) is 0. The summed E-state index contributed by atoms with van der Waals surface area (Å²) in [5.41, 5.74) is 0.282. The first-order valence-electron chi connectivity index (χ1n) is 2.57. The molecule has 2 nitrogen and oxygen atoms in total. The number of aromatic nitrogens is 1. The average Bonchev–Trinajstić information content (AvgIpc) is 1.96. The lowest BCUT2D eigenvalue weighted by atomic mass is 10.4. The molecule has 0 N–H and O–H groups in total. The molecule has 11 heavy (non-hydrogen) atoms. The van der Waals surface area contributed by atoms with Crippen LogP contribution in [0.4, 0.5) is 0 Å². The summed E-state index contributed by atoms with van der Waals surface area (Å²) in [6.45, 7) is 0. The van der Waals surface area contributed by atoms with Gasteiger partial charge in [0, 0.05) is 0 Å². The van der Waals surface area contributed by atoms with Crippen molar-refractivity contribution in [3.05, 3.63) is 25.9 Å². The molecule has 1 rings (SSSR count). The molecule has 0 aromatic carbocycles. The Morgan fingerprint density at radius 1 is 1.55 bits per heavy atom. The third-order valence-electron chi connectivity index (χ3n) is 0.988. The van der Waals surface area contributed by atoms with Crippen molar-refractivity contribution >= 4 is 43.5 Å². The van der Waals surface area contributed by atoms with Gasteiger partial charge < -0.3 is 0 Å². The van der Waals surface area contributed by atoms with Crippen LogP contribution in [-0.4, -0.2) is 4.98 Å². The van der Waals surface area contributed by atoms with E-state index in [-0.39, 0.29) is 5.69 Å². The van der Waals surface area contributed by atoms with Crippen molar-refractivity contribution in [2.75, 3.05) is 0 Å². The van der Waals surface area contributed by atoms with E-state index in [0.717, 1.165) is 0 Å². The summed E-state index contributed by atoms with van der Waals surface area (Å²) in [5.74, 6) is 0. The van der Waals surface area contributed by atoms with Crippen molar-refractivity contribution in [1.82, 2.24) is 4.98 Å². The minimum atomic E-state index is 0.282. The second-order valence-electron chi connectivity index (χ2n) is 1.70. The highest BCUT2D eigenvalue weighted by Gasteiger charge is 2.06. The van der Waals surface area contributed by atoms with Crippen LogP contribution in [0.25, 0.3) is 0 Å². The normalized spacial score (nSPS) is 9.27. The van der Waals surface area contributed by atoms with Gasteiger partial charge in [-0.1, -0.05) is 11.6 Å². The van der Waals surface area contributed by atoms with Crippen molar-refractivity contribution in [3.63, 3.8) is 0 Å². The maximum Gasteiger partial charge on any atom is 0.157 e. The molecule has 0 spiro atoms. The molecule has 0 aliphatic heterocycles. The molecule has 0 unspecified atom stereocenters. The zero-order valence-corrected chi connectivity index (χ0v) is 9.03. The van der Waals surface area contributed by atoms with E-state index in [1.54, 1.807) is 6.07 Å². The van der Waals surface area contributed by atoms with E-state index in [1.165, 1.54) is 0 Å². The molecule has 0 saturated carbocycles. The molecule has 0 bridgehead atoms. The highest BCUT2D eigenvalue weighted by atomic mass is 79.9. The zero-order chi connectivity index (χ0) is 8.43. The number of rotatable bonds is 0. The predicted molar refractivity (Wildman–Crippen MR) is 49.4 cm³/mol. The molecular formula is C6HBr2ClN2. The average molecular weight is 296 g/mol. The highest BCUT2D eigenvalue weighted by Crippen LogP contribution is 2.27. The molecule has 0 radical (unpaired) electrons. The van der Waals surface area contributed by atoms with Gasteiger partial charge in [0.05, 0.1) is 9.50 Å². The third-order valence-corrected chi connectivity index (χ3v) is 2.72. The van der Waals surface area contributed by atoms with Gasteiger partial charge in [-0.3, -0.25) is 0 Å². The first kappa shape index (κ1) is 8.98. The molecule has 0 saturated heterocycles. The number of halogens is 3. The minimum absolute atomic E-state index is 0.282. The maximum absolute atomic E-state index is 8.55. The van der Waals surface area contributed by atoms with Crippen LogP contribution in [-0.2, 0) is 0 Å². The van der Waals surface area contributed by atoms with Crippen molar-refractivity contribution in [3.8, 4) is 6.07 Å². The fourth-order valence-corrected chi connectivity index (χ4v) is 1.57.